The molecule has 1 amide bonds. The van der Waals surface area contributed by atoms with E-state index in [-0.39, 0.29) is 5.91 Å². The number of fused-ring (bicyclic) bond motifs is 1. The fraction of sp³-hybridized carbons (Fsp3) is 0.143. The number of sulfonamides is 1. The Hall–Kier alpha value is -2.61. The normalized spacial score (nSPS) is 15.7. The summed E-state index contributed by atoms with van der Waals surface area (Å²) in [7, 11) is -1.55. The molecule has 114 valence electrons. The molecule has 22 heavy (non-hydrogen) atoms. The second kappa shape index (κ2) is 4.99. The maximum atomic E-state index is 12.1. The van der Waals surface area contributed by atoms with Gasteiger partial charge in [0.25, 0.3) is 5.91 Å². The number of nitrogens with one attached hydrogen (secondary N) is 2. The molecule has 7 nitrogen and oxygen atoms in total. The zero-order chi connectivity index (χ0) is 15.9. The summed E-state index contributed by atoms with van der Waals surface area (Å²) < 4.78 is 26.8. The van der Waals surface area contributed by atoms with E-state index in [1.54, 1.807) is 41.2 Å². The zero-order valence-electron chi connectivity index (χ0n) is 12.0. The monoisotopic (exact) mass is 318 g/mol. The van der Waals surface area contributed by atoms with E-state index in [1.807, 2.05) is 7.05 Å². The number of nitrogens with zero attached hydrogens (tertiary/aromatic N) is 2. The maximum Gasteiger partial charge on any atom is 0.256 e. The van der Waals surface area contributed by atoms with Crippen LogP contribution in [0.25, 0.3) is 11.6 Å². The van der Waals surface area contributed by atoms with Crippen molar-refractivity contribution < 1.29 is 13.2 Å². The lowest BCUT2D eigenvalue weighted by atomic mass is 10.1. The van der Waals surface area contributed by atoms with Crippen LogP contribution in [0.15, 0.2) is 30.6 Å². The van der Waals surface area contributed by atoms with Crippen LogP contribution in [-0.4, -0.2) is 30.1 Å². The van der Waals surface area contributed by atoms with Gasteiger partial charge in [-0.05, 0) is 24.3 Å². The van der Waals surface area contributed by atoms with Crippen molar-refractivity contribution >= 4 is 39.0 Å². The van der Waals surface area contributed by atoms with Crippen LogP contribution in [-0.2, 0) is 21.9 Å². The number of hydrogen-bond acceptors (Lipinski definition) is 4. The molecule has 0 bridgehead atoms. The van der Waals surface area contributed by atoms with E-state index in [9.17, 15) is 13.2 Å². The standard InChI is InChI=1S/C14H14N4O3S/c1-18-6-5-15-13(18)8-11-10-7-9(17-22(2,20)21)3-4-12(10)16-14(11)19/h3-8,17H,1-2H3,(H,16,19)/b11-8-. The van der Waals surface area contributed by atoms with E-state index in [2.05, 4.69) is 15.0 Å². The van der Waals surface area contributed by atoms with Gasteiger partial charge in [-0.1, -0.05) is 0 Å². The average Bonchev–Trinajstić information content (AvgIpc) is 2.94. The van der Waals surface area contributed by atoms with Crippen LogP contribution >= 0.6 is 0 Å². The van der Waals surface area contributed by atoms with Crippen LogP contribution in [0.3, 0.4) is 0 Å². The van der Waals surface area contributed by atoms with Crippen molar-refractivity contribution in [3.63, 3.8) is 0 Å². The van der Waals surface area contributed by atoms with Crippen molar-refractivity contribution in [1.29, 1.82) is 0 Å². The Bertz CT molecular complexity index is 897. The largest absolute Gasteiger partial charge is 0.335 e. The number of amides is 1. The molecule has 3 rings (SSSR count). The van der Waals surface area contributed by atoms with Gasteiger partial charge in [-0.25, -0.2) is 13.4 Å². The van der Waals surface area contributed by atoms with Crippen LogP contribution in [0.2, 0.25) is 0 Å². The molecule has 0 fully saturated rings. The summed E-state index contributed by atoms with van der Waals surface area (Å²) in [5, 5.41) is 2.75. The topological polar surface area (TPSA) is 93.1 Å². The van der Waals surface area contributed by atoms with E-state index < -0.39 is 10.0 Å². The minimum absolute atomic E-state index is 0.241. The Morgan fingerprint density at radius 1 is 1.36 bits per heavy atom. The first-order chi connectivity index (χ1) is 10.3. The number of aryl methyl sites for hydroxylation is 1. The highest BCUT2D eigenvalue weighted by Crippen LogP contribution is 2.35. The summed E-state index contributed by atoms with van der Waals surface area (Å²) in [4.78, 5) is 16.3. The fourth-order valence-corrected chi connectivity index (χ4v) is 2.81. The van der Waals surface area contributed by atoms with Gasteiger partial charge in [0.1, 0.15) is 5.82 Å². The van der Waals surface area contributed by atoms with Gasteiger partial charge in [0.2, 0.25) is 10.0 Å². The second-order valence-electron chi connectivity index (χ2n) is 5.04. The third kappa shape index (κ3) is 2.73. The molecule has 2 aromatic rings. The number of aromatic nitrogens is 2. The lowest BCUT2D eigenvalue weighted by Gasteiger charge is -2.06. The molecule has 0 saturated carbocycles. The van der Waals surface area contributed by atoms with Crippen LogP contribution in [0.5, 0.6) is 0 Å². The van der Waals surface area contributed by atoms with E-state index in [0.29, 0.717) is 28.3 Å². The third-order valence-corrected chi connectivity index (χ3v) is 3.84. The number of carbonyl (C=O) groups is 1. The molecule has 2 N–H and O–H groups in total. The summed E-state index contributed by atoms with van der Waals surface area (Å²) in [6, 6.07) is 4.90. The van der Waals surface area contributed by atoms with Crippen molar-refractivity contribution in [2.24, 2.45) is 7.05 Å². The molecular formula is C14H14N4O3S. The molecule has 0 unspecified atom stereocenters. The van der Waals surface area contributed by atoms with E-state index in [0.717, 1.165) is 6.26 Å². The Kier molecular flexibility index (Phi) is 3.25. The van der Waals surface area contributed by atoms with Gasteiger partial charge in [-0.15, -0.1) is 0 Å². The van der Waals surface area contributed by atoms with E-state index >= 15 is 0 Å². The highest BCUT2D eigenvalue weighted by Gasteiger charge is 2.25. The van der Waals surface area contributed by atoms with Gasteiger partial charge in [-0.3, -0.25) is 9.52 Å². The number of hydrogen-bond donors (Lipinski definition) is 2. The van der Waals surface area contributed by atoms with Gasteiger partial charge in [0, 0.05) is 36.4 Å². The molecular weight excluding hydrogens is 304 g/mol. The van der Waals surface area contributed by atoms with Gasteiger partial charge < -0.3 is 9.88 Å². The van der Waals surface area contributed by atoms with Crippen molar-refractivity contribution in [3.05, 3.63) is 42.0 Å². The highest BCUT2D eigenvalue weighted by atomic mass is 32.2. The first-order valence-electron chi connectivity index (χ1n) is 6.46. The molecule has 1 aromatic heterocycles. The first-order valence-corrected chi connectivity index (χ1v) is 8.35. The van der Waals surface area contributed by atoms with Gasteiger partial charge in [0.05, 0.1) is 11.8 Å². The summed E-state index contributed by atoms with van der Waals surface area (Å²) in [6.07, 6.45) is 6.17. The first kappa shape index (κ1) is 14.3. The van der Waals surface area contributed by atoms with Crippen LogP contribution in [0, 0.1) is 0 Å². The average molecular weight is 318 g/mol. The van der Waals surface area contributed by atoms with Gasteiger partial charge in [-0.2, -0.15) is 0 Å². The lowest BCUT2D eigenvalue weighted by molar-refractivity contribution is -0.110. The number of rotatable bonds is 3. The molecule has 1 aliphatic heterocycles. The van der Waals surface area contributed by atoms with Crippen molar-refractivity contribution in [2.45, 2.75) is 0 Å². The maximum absolute atomic E-state index is 12.1. The van der Waals surface area contributed by atoms with Crippen LogP contribution in [0.4, 0.5) is 11.4 Å². The molecule has 2 heterocycles. The SMILES string of the molecule is Cn1ccnc1/C=C1\C(=O)Nc2ccc(NS(C)(=O)=O)cc21. The Morgan fingerprint density at radius 2 is 2.14 bits per heavy atom. The molecule has 0 atom stereocenters. The molecule has 1 aromatic carbocycles. The summed E-state index contributed by atoms with van der Waals surface area (Å²) in [5.74, 6) is 0.397. The van der Waals surface area contributed by atoms with Crippen molar-refractivity contribution in [3.8, 4) is 0 Å². The van der Waals surface area contributed by atoms with Gasteiger partial charge in [0.15, 0.2) is 0 Å². The fourth-order valence-electron chi connectivity index (χ4n) is 2.25. The minimum Gasteiger partial charge on any atom is -0.335 e. The van der Waals surface area contributed by atoms with Crippen LogP contribution in [0.1, 0.15) is 11.4 Å². The second-order valence-corrected chi connectivity index (χ2v) is 6.79. The Balaban J connectivity index is 2.06. The number of carbonyl (C=O) groups excluding carboxylic acids is 1. The van der Waals surface area contributed by atoms with Crippen molar-refractivity contribution in [1.82, 2.24) is 9.55 Å². The predicted molar refractivity (Wildman–Crippen MR) is 84.6 cm³/mol. The van der Waals surface area contributed by atoms with Crippen molar-refractivity contribution in [2.75, 3.05) is 16.3 Å². The highest BCUT2D eigenvalue weighted by molar-refractivity contribution is 7.92. The smallest absolute Gasteiger partial charge is 0.256 e. The summed E-state index contributed by atoms with van der Waals surface area (Å²) in [6.45, 7) is 0. The molecule has 1 aliphatic rings. The van der Waals surface area contributed by atoms with E-state index in [1.165, 1.54) is 0 Å². The summed E-state index contributed by atoms with van der Waals surface area (Å²) >= 11 is 0. The summed E-state index contributed by atoms with van der Waals surface area (Å²) in [5.41, 5.74) is 2.14. The number of benzene rings is 1. The quantitative estimate of drug-likeness (QED) is 0.834. The third-order valence-electron chi connectivity index (χ3n) is 3.24. The van der Waals surface area contributed by atoms with Crippen LogP contribution < -0.4 is 10.0 Å². The molecule has 0 spiro atoms. The molecule has 0 saturated heterocycles. The van der Waals surface area contributed by atoms with Gasteiger partial charge >= 0.3 is 0 Å². The number of imidazole rings is 1. The minimum atomic E-state index is -3.37. The zero-order valence-corrected chi connectivity index (χ0v) is 12.8. The Morgan fingerprint density at radius 3 is 2.77 bits per heavy atom. The molecule has 0 aliphatic carbocycles. The molecule has 0 radical (unpaired) electrons. The number of anilines is 2. The molecule has 8 heteroatoms. The van der Waals surface area contributed by atoms with E-state index in [4.69, 9.17) is 0 Å². The Labute approximate surface area is 127 Å². The lowest BCUT2D eigenvalue weighted by Crippen LogP contribution is -2.09. The predicted octanol–water partition coefficient (Wildman–Crippen LogP) is 1.28.